The van der Waals surface area contributed by atoms with Gasteiger partial charge in [-0.2, -0.15) is 0 Å². The lowest BCUT2D eigenvalue weighted by molar-refractivity contribution is 0.600. The van der Waals surface area contributed by atoms with Gasteiger partial charge in [0.1, 0.15) is 0 Å². The van der Waals surface area contributed by atoms with Crippen LogP contribution in [0.2, 0.25) is 5.02 Å². The third kappa shape index (κ3) is 4.12. The summed E-state index contributed by atoms with van der Waals surface area (Å²) in [6.07, 6.45) is 0. The van der Waals surface area contributed by atoms with Crippen LogP contribution in [0.15, 0.2) is 69.1 Å². The third-order valence-electron chi connectivity index (χ3n) is 4.86. The van der Waals surface area contributed by atoms with Crippen LogP contribution in [0.1, 0.15) is 11.1 Å². The number of halogens is 1. The number of hydrogen-bond acceptors (Lipinski definition) is 4. The summed E-state index contributed by atoms with van der Waals surface area (Å²) >= 11 is 6.42. The van der Waals surface area contributed by atoms with E-state index in [2.05, 4.69) is 14.7 Å². The van der Waals surface area contributed by atoms with Gasteiger partial charge >= 0.3 is 11.1 Å². The van der Waals surface area contributed by atoms with Gasteiger partial charge in [0.25, 0.3) is 10.0 Å². The lowest BCUT2D eigenvalue weighted by Crippen LogP contribution is -2.29. The van der Waals surface area contributed by atoms with Crippen LogP contribution in [0, 0.1) is 13.8 Å². The van der Waals surface area contributed by atoms with Crippen molar-refractivity contribution in [1.82, 2.24) is 9.97 Å². The maximum atomic E-state index is 13.0. The fourth-order valence-electron chi connectivity index (χ4n) is 3.38. The van der Waals surface area contributed by atoms with E-state index in [-0.39, 0.29) is 10.4 Å². The van der Waals surface area contributed by atoms with Crippen LogP contribution in [0.5, 0.6) is 0 Å². The van der Waals surface area contributed by atoms with E-state index in [0.717, 1.165) is 16.7 Å². The number of hydrogen-bond donors (Lipinski definition) is 3. The van der Waals surface area contributed by atoms with Crippen LogP contribution in [-0.4, -0.2) is 18.4 Å². The van der Waals surface area contributed by atoms with Crippen LogP contribution in [0.25, 0.3) is 22.2 Å². The minimum Gasteiger partial charge on any atom is -0.316 e. The minimum atomic E-state index is -3.98. The Morgan fingerprint density at radius 1 is 0.871 bits per heavy atom. The zero-order valence-corrected chi connectivity index (χ0v) is 18.2. The summed E-state index contributed by atoms with van der Waals surface area (Å²) in [5.41, 5.74) is 2.41. The molecule has 4 rings (SSSR count). The lowest BCUT2D eigenvalue weighted by Gasteiger charge is -2.13. The molecule has 3 N–H and O–H groups in total. The van der Waals surface area contributed by atoms with Gasteiger partial charge in [-0.15, -0.1) is 0 Å². The second-order valence-corrected chi connectivity index (χ2v) is 9.30. The molecule has 3 aromatic carbocycles. The number of fused-ring (bicyclic) bond motifs is 1. The Morgan fingerprint density at radius 2 is 1.55 bits per heavy atom. The predicted molar refractivity (Wildman–Crippen MR) is 122 cm³/mol. The van der Waals surface area contributed by atoms with Crippen LogP contribution in [0.3, 0.4) is 0 Å². The molecule has 7 nitrogen and oxygen atoms in total. The number of H-pyrrole nitrogens is 2. The van der Waals surface area contributed by atoms with E-state index in [0.29, 0.717) is 21.8 Å². The van der Waals surface area contributed by atoms with Gasteiger partial charge in [-0.05, 0) is 49.2 Å². The number of aromatic amines is 2. The van der Waals surface area contributed by atoms with Crippen LogP contribution in [-0.2, 0) is 10.0 Å². The predicted octanol–water partition coefficient (Wildman–Crippen LogP) is 3.95. The second-order valence-electron chi connectivity index (χ2n) is 7.24. The monoisotopic (exact) mass is 455 g/mol. The summed E-state index contributed by atoms with van der Waals surface area (Å²) in [5, 5.41) is 0.405. The molecule has 0 unspecified atom stereocenters. The molecule has 1 heterocycles. The van der Waals surface area contributed by atoms with Crippen LogP contribution < -0.4 is 15.8 Å². The number of sulfonamides is 1. The third-order valence-corrected chi connectivity index (χ3v) is 6.69. The minimum absolute atomic E-state index is 0.0263. The molecule has 0 atom stereocenters. The Hall–Kier alpha value is -3.36. The number of nitrogens with one attached hydrogen (secondary N) is 3. The van der Waals surface area contributed by atoms with Crippen molar-refractivity contribution in [1.29, 1.82) is 0 Å². The number of aromatic nitrogens is 2. The molecule has 0 fully saturated rings. The van der Waals surface area contributed by atoms with Crippen LogP contribution in [0.4, 0.5) is 5.69 Å². The number of anilines is 1. The van der Waals surface area contributed by atoms with Gasteiger partial charge in [0.2, 0.25) is 0 Å². The molecule has 0 saturated carbocycles. The molecule has 9 heteroatoms. The van der Waals surface area contributed by atoms with Gasteiger partial charge in [0.15, 0.2) is 0 Å². The Balaban J connectivity index is 1.71. The van der Waals surface area contributed by atoms with Crippen molar-refractivity contribution < 1.29 is 8.42 Å². The van der Waals surface area contributed by atoms with Crippen molar-refractivity contribution in [2.24, 2.45) is 0 Å². The molecule has 0 saturated heterocycles. The molecular weight excluding hydrogens is 438 g/mol. The summed E-state index contributed by atoms with van der Waals surface area (Å²) in [4.78, 5) is 27.9. The van der Waals surface area contributed by atoms with E-state index in [4.69, 9.17) is 11.6 Å². The Kier molecular flexibility index (Phi) is 5.20. The van der Waals surface area contributed by atoms with Gasteiger partial charge in [-0.1, -0.05) is 47.5 Å². The average molecular weight is 456 g/mol. The second kappa shape index (κ2) is 7.72. The fraction of sp³-hybridized carbons (Fsp3) is 0.0909. The van der Waals surface area contributed by atoms with Crippen molar-refractivity contribution >= 4 is 38.3 Å². The largest absolute Gasteiger partial charge is 0.316 e. The molecule has 158 valence electrons. The number of rotatable bonds is 4. The topological polar surface area (TPSA) is 112 Å². The Bertz CT molecular complexity index is 1560. The highest BCUT2D eigenvalue weighted by atomic mass is 35.5. The van der Waals surface area contributed by atoms with Crippen molar-refractivity contribution in [3.8, 4) is 11.1 Å². The summed E-state index contributed by atoms with van der Waals surface area (Å²) < 4.78 is 28.5. The first kappa shape index (κ1) is 20.9. The summed E-state index contributed by atoms with van der Waals surface area (Å²) in [6, 6.07) is 15.6. The molecule has 1 aromatic heterocycles. The van der Waals surface area contributed by atoms with Gasteiger partial charge in [0.05, 0.1) is 26.6 Å². The molecule has 0 spiro atoms. The van der Waals surface area contributed by atoms with Gasteiger partial charge < -0.3 is 9.97 Å². The van der Waals surface area contributed by atoms with Gasteiger partial charge in [-0.3, -0.25) is 14.3 Å². The van der Waals surface area contributed by atoms with E-state index in [1.54, 1.807) is 25.1 Å². The first-order chi connectivity index (χ1) is 14.6. The molecule has 0 amide bonds. The van der Waals surface area contributed by atoms with Crippen molar-refractivity contribution in [3.63, 3.8) is 0 Å². The molecule has 31 heavy (non-hydrogen) atoms. The van der Waals surface area contributed by atoms with E-state index in [9.17, 15) is 18.0 Å². The summed E-state index contributed by atoms with van der Waals surface area (Å²) in [5.74, 6) is 0. The molecule has 0 radical (unpaired) electrons. The molecule has 4 aromatic rings. The maximum Gasteiger partial charge on any atom is 0.314 e. The van der Waals surface area contributed by atoms with E-state index in [1.807, 2.05) is 31.2 Å². The average Bonchev–Trinajstić information content (AvgIpc) is 2.68. The van der Waals surface area contributed by atoms with Crippen LogP contribution >= 0.6 is 11.6 Å². The van der Waals surface area contributed by atoms with E-state index < -0.39 is 21.1 Å². The summed E-state index contributed by atoms with van der Waals surface area (Å²) in [6.45, 7) is 3.58. The zero-order valence-electron chi connectivity index (χ0n) is 16.6. The standard InChI is InChI=1S/C22H18ClN3O4S/c1-12-4-3-5-14(8-12)16-7-6-15(10-17(16)23)26-31(29,30)20-11-19-18(9-13(20)2)24-21(27)22(28)25-19/h3-11,26H,1-2H3,(H,24,27)(H,25,28). The van der Waals surface area contributed by atoms with Gasteiger partial charge in [0, 0.05) is 5.56 Å². The Labute approximate surface area is 182 Å². The van der Waals surface area contributed by atoms with Crippen molar-refractivity contribution in [3.05, 3.63) is 91.5 Å². The SMILES string of the molecule is Cc1cccc(-c2ccc(NS(=O)(=O)c3cc4[nH]c(=O)c(=O)[nH]c4cc3C)cc2Cl)c1. The van der Waals surface area contributed by atoms with Gasteiger partial charge in [-0.25, -0.2) is 8.42 Å². The van der Waals surface area contributed by atoms with Crippen molar-refractivity contribution in [2.45, 2.75) is 18.7 Å². The summed E-state index contributed by atoms with van der Waals surface area (Å²) in [7, 11) is -3.98. The first-order valence-electron chi connectivity index (χ1n) is 9.30. The maximum absolute atomic E-state index is 13.0. The molecule has 0 bridgehead atoms. The highest BCUT2D eigenvalue weighted by Crippen LogP contribution is 2.32. The molecule has 0 aliphatic carbocycles. The Morgan fingerprint density at radius 3 is 2.19 bits per heavy atom. The highest BCUT2D eigenvalue weighted by Gasteiger charge is 2.19. The number of aryl methyl sites for hydroxylation is 2. The van der Waals surface area contributed by atoms with Crippen molar-refractivity contribution in [2.75, 3.05) is 4.72 Å². The normalized spacial score (nSPS) is 11.6. The molecule has 0 aliphatic rings. The van der Waals surface area contributed by atoms with E-state index in [1.165, 1.54) is 12.1 Å². The molecule has 0 aliphatic heterocycles. The zero-order chi connectivity index (χ0) is 22.3. The molecular formula is C22H18ClN3O4S. The van der Waals surface area contributed by atoms with E-state index >= 15 is 0 Å². The smallest absolute Gasteiger partial charge is 0.314 e. The quantitative estimate of drug-likeness (QED) is 0.404. The first-order valence-corrected chi connectivity index (χ1v) is 11.2. The fourth-order valence-corrected chi connectivity index (χ4v) is 4.97. The lowest BCUT2D eigenvalue weighted by atomic mass is 10.0. The number of benzene rings is 3. The highest BCUT2D eigenvalue weighted by molar-refractivity contribution is 7.92.